The number of methoxy groups -OCH3 is 3. The molecule has 1 saturated heterocycles. The molecule has 1 aliphatic rings. The summed E-state index contributed by atoms with van der Waals surface area (Å²) in [6.07, 6.45) is 1.92. The molecule has 0 aromatic heterocycles. The van der Waals surface area contributed by atoms with Gasteiger partial charge in [-0.15, -0.1) is 0 Å². The second-order valence-electron chi connectivity index (χ2n) is 5.28. The van der Waals surface area contributed by atoms with Gasteiger partial charge in [0.05, 0.1) is 27.4 Å². The quantitative estimate of drug-likeness (QED) is 0.861. The zero-order valence-corrected chi connectivity index (χ0v) is 13.6. The maximum Gasteiger partial charge on any atom is 0.237 e. The topological polar surface area (TPSA) is 60.0 Å². The minimum Gasteiger partial charge on any atom is -0.493 e. The first-order chi connectivity index (χ1) is 10.6. The summed E-state index contributed by atoms with van der Waals surface area (Å²) in [4.78, 5) is 14.1. The van der Waals surface area contributed by atoms with E-state index in [0.717, 1.165) is 24.9 Å². The molecule has 0 aliphatic carbocycles. The number of benzene rings is 1. The van der Waals surface area contributed by atoms with Gasteiger partial charge in [0.25, 0.3) is 0 Å². The lowest BCUT2D eigenvalue weighted by atomic mass is 10.1. The molecule has 6 nitrogen and oxygen atoms in total. The molecule has 1 aromatic rings. The van der Waals surface area contributed by atoms with Gasteiger partial charge < -0.3 is 19.5 Å². The Balaban J connectivity index is 2.24. The summed E-state index contributed by atoms with van der Waals surface area (Å²) >= 11 is 0. The predicted octanol–water partition coefficient (Wildman–Crippen LogP) is 1.42. The monoisotopic (exact) mass is 308 g/mol. The van der Waals surface area contributed by atoms with Gasteiger partial charge in [-0.05, 0) is 37.1 Å². The molecule has 2 rings (SSSR count). The van der Waals surface area contributed by atoms with Gasteiger partial charge in [-0.1, -0.05) is 0 Å². The number of hydrogen-bond acceptors (Lipinski definition) is 5. The predicted molar refractivity (Wildman–Crippen MR) is 83.6 cm³/mol. The first-order valence-electron chi connectivity index (χ1n) is 7.39. The maximum atomic E-state index is 11.9. The van der Waals surface area contributed by atoms with Crippen molar-refractivity contribution in [3.05, 3.63) is 17.7 Å². The van der Waals surface area contributed by atoms with Crippen molar-refractivity contribution in [1.29, 1.82) is 0 Å². The summed E-state index contributed by atoms with van der Waals surface area (Å²) in [5, 5.41) is 2.74. The lowest BCUT2D eigenvalue weighted by molar-refractivity contribution is -0.125. The fourth-order valence-corrected chi connectivity index (χ4v) is 2.94. The summed E-state index contributed by atoms with van der Waals surface area (Å²) in [5.74, 6) is 1.92. The van der Waals surface area contributed by atoms with Gasteiger partial charge in [-0.25, -0.2) is 0 Å². The number of amides is 1. The summed E-state index contributed by atoms with van der Waals surface area (Å²) < 4.78 is 16.1. The molecular formula is C16H24N2O4. The van der Waals surface area contributed by atoms with Crippen LogP contribution in [0.4, 0.5) is 0 Å². The molecule has 0 spiro atoms. The lowest BCUT2D eigenvalue weighted by Crippen LogP contribution is -2.41. The minimum atomic E-state index is -0.0657. The molecule has 22 heavy (non-hydrogen) atoms. The normalized spacial score (nSPS) is 18.1. The van der Waals surface area contributed by atoms with E-state index in [1.54, 1.807) is 28.4 Å². The van der Waals surface area contributed by atoms with Crippen LogP contribution in [0.2, 0.25) is 0 Å². The van der Waals surface area contributed by atoms with E-state index in [9.17, 15) is 4.79 Å². The van der Waals surface area contributed by atoms with Crippen LogP contribution in [0.1, 0.15) is 18.4 Å². The molecule has 1 fully saturated rings. The molecule has 1 aliphatic heterocycles. The zero-order chi connectivity index (χ0) is 16.1. The number of carbonyl (C=O) groups excluding carboxylic acids is 1. The number of rotatable bonds is 6. The van der Waals surface area contributed by atoms with E-state index in [1.807, 2.05) is 12.1 Å². The summed E-state index contributed by atoms with van der Waals surface area (Å²) in [6, 6.07) is 3.80. The molecule has 1 aromatic carbocycles. The highest BCUT2D eigenvalue weighted by atomic mass is 16.5. The van der Waals surface area contributed by atoms with Gasteiger partial charge in [-0.3, -0.25) is 9.69 Å². The molecule has 1 N–H and O–H groups in total. The van der Waals surface area contributed by atoms with Crippen molar-refractivity contribution in [2.24, 2.45) is 0 Å². The molecule has 122 valence electrons. The van der Waals surface area contributed by atoms with E-state index in [1.165, 1.54) is 0 Å². The smallest absolute Gasteiger partial charge is 0.237 e. The zero-order valence-electron chi connectivity index (χ0n) is 13.6. The summed E-state index contributed by atoms with van der Waals surface area (Å²) in [7, 11) is 6.47. The standard InChI is InChI=1S/C16H24N2O4/c1-17-16(19)12-6-5-7-18(12)10-11-8-13(20-2)15(22-4)14(9-11)21-3/h8-9,12H,5-7,10H2,1-4H3,(H,17,19)/t12-/m0/s1. The number of likely N-dealkylation sites (tertiary alicyclic amines) is 1. The molecule has 0 unspecified atom stereocenters. The third kappa shape index (κ3) is 3.27. The summed E-state index contributed by atoms with van der Waals surface area (Å²) in [6.45, 7) is 1.59. The average molecular weight is 308 g/mol. The van der Waals surface area contributed by atoms with Crippen molar-refractivity contribution in [2.75, 3.05) is 34.9 Å². The van der Waals surface area contributed by atoms with Crippen LogP contribution in [0.5, 0.6) is 17.2 Å². The fraction of sp³-hybridized carbons (Fsp3) is 0.562. The van der Waals surface area contributed by atoms with Gasteiger partial charge >= 0.3 is 0 Å². The van der Waals surface area contributed by atoms with Crippen LogP contribution in [0.15, 0.2) is 12.1 Å². The minimum absolute atomic E-state index is 0.0657. The lowest BCUT2D eigenvalue weighted by Gasteiger charge is -2.24. The Kier molecular flexibility index (Phi) is 5.49. The Morgan fingerprint density at radius 2 is 1.86 bits per heavy atom. The number of carbonyl (C=O) groups is 1. The number of nitrogens with one attached hydrogen (secondary N) is 1. The third-order valence-electron chi connectivity index (χ3n) is 4.02. The van der Waals surface area contributed by atoms with Crippen molar-refractivity contribution in [2.45, 2.75) is 25.4 Å². The Morgan fingerprint density at radius 1 is 1.23 bits per heavy atom. The van der Waals surface area contributed by atoms with E-state index in [4.69, 9.17) is 14.2 Å². The van der Waals surface area contributed by atoms with Crippen molar-refractivity contribution in [3.63, 3.8) is 0 Å². The number of nitrogens with zero attached hydrogens (tertiary/aromatic N) is 1. The third-order valence-corrected chi connectivity index (χ3v) is 4.02. The van der Waals surface area contributed by atoms with Crippen molar-refractivity contribution >= 4 is 5.91 Å². The van der Waals surface area contributed by atoms with Gasteiger partial charge in [0, 0.05) is 13.6 Å². The SMILES string of the molecule is CNC(=O)[C@@H]1CCCN1Cc1cc(OC)c(OC)c(OC)c1. The van der Waals surface area contributed by atoms with Crippen LogP contribution >= 0.6 is 0 Å². The second kappa shape index (κ2) is 7.35. The van der Waals surface area contributed by atoms with Crippen LogP contribution < -0.4 is 19.5 Å². The molecular weight excluding hydrogens is 284 g/mol. The van der Waals surface area contributed by atoms with E-state index < -0.39 is 0 Å². The molecule has 0 saturated carbocycles. The highest BCUT2D eigenvalue weighted by molar-refractivity contribution is 5.81. The second-order valence-corrected chi connectivity index (χ2v) is 5.28. The van der Waals surface area contributed by atoms with Gasteiger partial charge in [0.1, 0.15) is 0 Å². The van der Waals surface area contributed by atoms with Gasteiger partial charge in [0.2, 0.25) is 11.7 Å². The Hall–Kier alpha value is -1.95. The molecule has 1 heterocycles. The first kappa shape index (κ1) is 16.4. The van der Waals surface area contributed by atoms with E-state index in [2.05, 4.69) is 10.2 Å². The summed E-state index contributed by atoms with van der Waals surface area (Å²) in [5.41, 5.74) is 1.03. The molecule has 6 heteroatoms. The number of ether oxygens (including phenoxy) is 3. The van der Waals surface area contributed by atoms with Gasteiger partial charge in [0.15, 0.2) is 11.5 Å². The van der Waals surface area contributed by atoms with Crippen molar-refractivity contribution in [1.82, 2.24) is 10.2 Å². The van der Waals surface area contributed by atoms with Crippen LogP contribution in [0.25, 0.3) is 0 Å². The largest absolute Gasteiger partial charge is 0.493 e. The Labute approximate surface area is 131 Å². The molecule has 1 atom stereocenters. The highest BCUT2D eigenvalue weighted by Crippen LogP contribution is 2.38. The van der Waals surface area contributed by atoms with Crippen LogP contribution in [-0.4, -0.2) is 51.8 Å². The highest BCUT2D eigenvalue weighted by Gasteiger charge is 2.30. The fourth-order valence-electron chi connectivity index (χ4n) is 2.94. The van der Waals surface area contributed by atoms with Crippen LogP contribution in [-0.2, 0) is 11.3 Å². The van der Waals surface area contributed by atoms with Crippen molar-refractivity contribution < 1.29 is 19.0 Å². The number of likely N-dealkylation sites (N-methyl/N-ethyl adjacent to an activating group) is 1. The van der Waals surface area contributed by atoms with E-state index in [0.29, 0.717) is 23.8 Å². The van der Waals surface area contributed by atoms with E-state index in [-0.39, 0.29) is 11.9 Å². The first-order valence-corrected chi connectivity index (χ1v) is 7.39. The van der Waals surface area contributed by atoms with Crippen LogP contribution in [0.3, 0.4) is 0 Å². The average Bonchev–Trinajstić information content (AvgIpc) is 3.01. The molecule has 1 amide bonds. The van der Waals surface area contributed by atoms with Crippen LogP contribution in [0, 0.1) is 0 Å². The Bertz CT molecular complexity index is 508. The van der Waals surface area contributed by atoms with Gasteiger partial charge in [-0.2, -0.15) is 0 Å². The number of hydrogen-bond donors (Lipinski definition) is 1. The van der Waals surface area contributed by atoms with Crippen molar-refractivity contribution in [3.8, 4) is 17.2 Å². The Morgan fingerprint density at radius 3 is 2.36 bits per heavy atom. The molecule has 0 bridgehead atoms. The maximum absolute atomic E-state index is 11.9. The van der Waals surface area contributed by atoms with E-state index >= 15 is 0 Å². The molecule has 0 radical (unpaired) electrons.